The van der Waals surface area contributed by atoms with Crippen LogP contribution in [0.15, 0.2) is 42.7 Å². The van der Waals surface area contributed by atoms with E-state index >= 15 is 0 Å². The first-order valence-electron chi connectivity index (χ1n) is 5.63. The van der Waals surface area contributed by atoms with Gasteiger partial charge in [-0.05, 0) is 24.3 Å². The third-order valence-corrected chi connectivity index (χ3v) is 2.42. The minimum Gasteiger partial charge on any atom is -0.492 e. The molecule has 0 N–H and O–H groups in total. The van der Waals surface area contributed by atoms with Crippen molar-refractivity contribution in [3.63, 3.8) is 0 Å². The van der Waals surface area contributed by atoms with Gasteiger partial charge in [-0.2, -0.15) is 5.10 Å². The Labute approximate surface area is 111 Å². The fourth-order valence-corrected chi connectivity index (χ4v) is 1.56. The fraction of sp³-hybridized carbons (Fsp3) is 0.214. The fourth-order valence-electron chi connectivity index (χ4n) is 1.49. The predicted molar refractivity (Wildman–Crippen MR) is 71.8 cm³/mol. The summed E-state index contributed by atoms with van der Waals surface area (Å²) in [6.07, 6.45) is 3.66. The largest absolute Gasteiger partial charge is 0.492 e. The molecule has 1 aromatic heterocycles. The molecule has 0 radical (unpaired) electrons. The van der Waals surface area contributed by atoms with Crippen LogP contribution in [0.4, 0.5) is 0 Å². The third-order valence-electron chi connectivity index (χ3n) is 2.28. The lowest BCUT2D eigenvalue weighted by molar-refractivity contribution is 0.291. The summed E-state index contributed by atoms with van der Waals surface area (Å²) in [5, 5.41) is 4.11. The molecule has 1 aromatic carbocycles. The van der Waals surface area contributed by atoms with Crippen molar-refractivity contribution in [2.24, 2.45) is 0 Å². The van der Waals surface area contributed by atoms with E-state index in [1.165, 1.54) is 0 Å². The van der Waals surface area contributed by atoms with Crippen molar-refractivity contribution >= 4 is 11.6 Å². The number of benzene rings is 1. The topological polar surface area (TPSA) is 27.1 Å². The lowest BCUT2D eigenvalue weighted by Gasteiger charge is -2.06. The molecule has 0 aliphatic carbocycles. The minimum absolute atomic E-state index is 0.338. The molecule has 18 heavy (non-hydrogen) atoms. The standard InChI is InChI=1S/C14H13ClN2O/c15-7-2-5-13-4-1-6-14(12-13)18-11-10-17-9-3-8-16-17/h1,3-4,6,8-9,12H,7,10-11H2. The molecule has 0 bridgehead atoms. The first kappa shape index (κ1) is 12.5. The summed E-state index contributed by atoms with van der Waals surface area (Å²) >= 11 is 5.52. The number of aromatic nitrogens is 2. The number of ether oxygens (including phenoxy) is 1. The smallest absolute Gasteiger partial charge is 0.120 e. The number of nitrogens with zero attached hydrogens (tertiary/aromatic N) is 2. The molecule has 0 amide bonds. The van der Waals surface area contributed by atoms with Gasteiger partial charge in [0, 0.05) is 18.0 Å². The number of hydrogen-bond donors (Lipinski definition) is 0. The Morgan fingerprint density at radius 3 is 3.06 bits per heavy atom. The van der Waals surface area contributed by atoms with Gasteiger partial charge < -0.3 is 4.74 Å². The van der Waals surface area contributed by atoms with Crippen molar-refractivity contribution in [1.82, 2.24) is 9.78 Å². The number of alkyl halides is 1. The molecule has 1 heterocycles. The van der Waals surface area contributed by atoms with Crippen molar-refractivity contribution in [3.8, 4) is 17.6 Å². The van der Waals surface area contributed by atoms with Crippen LogP contribution in [0.2, 0.25) is 0 Å². The highest BCUT2D eigenvalue weighted by Gasteiger charge is 1.96. The summed E-state index contributed by atoms with van der Waals surface area (Å²) in [7, 11) is 0. The molecule has 0 spiro atoms. The molecule has 92 valence electrons. The van der Waals surface area contributed by atoms with Crippen LogP contribution in [0.25, 0.3) is 0 Å². The molecule has 0 saturated carbocycles. The van der Waals surface area contributed by atoms with Crippen LogP contribution in [0, 0.1) is 11.8 Å². The van der Waals surface area contributed by atoms with E-state index in [0.717, 1.165) is 17.9 Å². The van der Waals surface area contributed by atoms with Gasteiger partial charge in [-0.25, -0.2) is 0 Å². The second-order valence-electron chi connectivity index (χ2n) is 3.58. The summed E-state index contributed by atoms with van der Waals surface area (Å²) < 4.78 is 7.47. The molecule has 3 nitrogen and oxygen atoms in total. The van der Waals surface area contributed by atoms with Gasteiger partial charge in [0.05, 0.1) is 12.4 Å². The van der Waals surface area contributed by atoms with Crippen LogP contribution in [0.1, 0.15) is 5.56 Å². The maximum Gasteiger partial charge on any atom is 0.120 e. The average molecular weight is 261 g/mol. The van der Waals surface area contributed by atoms with Gasteiger partial charge in [0.1, 0.15) is 12.4 Å². The van der Waals surface area contributed by atoms with E-state index in [9.17, 15) is 0 Å². The molecule has 0 atom stereocenters. The monoisotopic (exact) mass is 260 g/mol. The van der Waals surface area contributed by atoms with Gasteiger partial charge in [-0.15, -0.1) is 11.6 Å². The Balaban J connectivity index is 1.89. The van der Waals surface area contributed by atoms with Crippen LogP contribution >= 0.6 is 11.6 Å². The summed E-state index contributed by atoms with van der Waals surface area (Å²) in [5.41, 5.74) is 0.909. The van der Waals surface area contributed by atoms with E-state index in [1.807, 2.05) is 41.2 Å². The summed E-state index contributed by atoms with van der Waals surface area (Å²) in [6.45, 7) is 1.30. The van der Waals surface area contributed by atoms with Crippen molar-refractivity contribution < 1.29 is 4.74 Å². The predicted octanol–water partition coefficient (Wildman–Crippen LogP) is 2.55. The number of hydrogen-bond acceptors (Lipinski definition) is 2. The summed E-state index contributed by atoms with van der Waals surface area (Å²) in [6, 6.07) is 9.56. The highest BCUT2D eigenvalue weighted by Crippen LogP contribution is 2.12. The third kappa shape index (κ3) is 3.83. The van der Waals surface area contributed by atoms with E-state index in [0.29, 0.717) is 12.5 Å². The van der Waals surface area contributed by atoms with E-state index < -0.39 is 0 Å². The normalized spacial score (nSPS) is 9.61. The zero-order chi connectivity index (χ0) is 12.6. The van der Waals surface area contributed by atoms with Crippen molar-refractivity contribution in [2.45, 2.75) is 6.54 Å². The Morgan fingerprint density at radius 2 is 2.28 bits per heavy atom. The molecular weight excluding hydrogens is 248 g/mol. The van der Waals surface area contributed by atoms with Crippen LogP contribution in [0.5, 0.6) is 5.75 Å². The van der Waals surface area contributed by atoms with Gasteiger partial charge in [-0.1, -0.05) is 17.9 Å². The Bertz CT molecular complexity index is 540. The van der Waals surface area contributed by atoms with Gasteiger partial charge >= 0.3 is 0 Å². The molecule has 4 heteroatoms. The molecule has 0 unspecified atom stereocenters. The average Bonchev–Trinajstić information content (AvgIpc) is 2.90. The van der Waals surface area contributed by atoms with Crippen LogP contribution in [0.3, 0.4) is 0 Å². The highest BCUT2D eigenvalue weighted by atomic mass is 35.5. The zero-order valence-corrected chi connectivity index (χ0v) is 10.6. The van der Waals surface area contributed by atoms with E-state index in [4.69, 9.17) is 16.3 Å². The van der Waals surface area contributed by atoms with E-state index in [1.54, 1.807) is 6.20 Å². The lowest BCUT2D eigenvalue weighted by atomic mass is 10.2. The lowest BCUT2D eigenvalue weighted by Crippen LogP contribution is -2.08. The van der Waals surface area contributed by atoms with Crippen LogP contribution < -0.4 is 4.74 Å². The Morgan fingerprint density at radius 1 is 1.33 bits per heavy atom. The molecule has 0 aliphatic heterocycles. The Kier molecular flexibility index (Phi) is 4.68. The molecular formula is C14H13ClN2O. The SMILES string of the molecule is ClCC#Cc1cccc(OCCn2cccn2)c1. The van der Waals surface area contributed by atoms with Crippen LogP contribution in [-0.2, 0) is 6.54 Å². The van der Waals surface area contributed by atoms with Crippen molar-refractivity contribution in [3.05, 3.63) is 48.3 Å². The van der Waals surface area contributed by atoms with Crippen molar-refractivity contribution in [1.29, 1.82) is 0 Å². The summed E-state index contributed by atoms with van der Waals surface area (Å²) in [5.74, 6) is 6.92. The first-order chi connectivity index (χ1) is 8.88. The van der Waals surface area contributed by atoms with Crippen LogP contribution in [-0.4, -0.2) is 22.3 Å². The first-order valence-corrected chi connectivity index (χ1v) is 6.17. The molecule has 0 saturated heterocycles. The minimum atomic E-state index is 0.338. The van der Waals surface area contributed by atoms with Gasteiger partial charge in [-0.3, -0.25) is 4.68 Å². The second-order valence-corrected chi connectivity index (χ2v) is 3.85. The molecule has 2 aromatic rings. The maximum atomic E-state index is 5.64. The number of halogens is 1. The van der Waals surface area contributed by atoms with Gasteiger partial charge in [0.25, 0.3) is 0 Å². The molecule has 0 fully saturated rings. The molecule has 2 rings (SSSR count). The quantitative estimate of drug-likeness (QED) is 0.624. The summed E-state index contributed by atoms with van der Waals surface area (Å²) in [4.78, 5) is 0. The molecule has 0 aliphatic rings. The van der Waals surface area contributed by atoms with Crippen molar-refractivity contribution in [2.75, 3.05) is 12.5 Å². The number of rotatable bonds is 4. The Hall–Kier alpha value is -1.92. The van der Waals surface area contributed by atoms with Gasteiger partial charge in [0.2, 0.25) is 0 Å². The zero-order valence-electron chi connectivity index (χ0n) is 9.84. The maximum absolute atomic E-state index is 5.64. The van der Waals surface area contributed by atoms with E-state index in [2.05, 4.69) is 16.9 Å². The highest BCUT2D eigenvalue weighted by molar-refractivity contribution is 6.19. The second kappa shape index (κ2) is 6.73. The van der Waals surface area contributed by atoms with E-state index in [-0.39, 0.29) is 0 Å². The van der Waals surface area contributed by atoms with Gasteiger partial charge in [0.15, 0.2) is 0 Å².